The van der Waals surface area contributed by atoms with E-state index in [-0.39, 0.29) is 0 Å². The predicted molar refractivity (Wildman–Crippen MR) is 82.2 cm³/mol. The molecular weight excluding hydrogens is 254 g/mol. The minimum absolute atomic E-state index is 0.401. The Morgan fingerprint density at radius 2 is 1.95 bits per heavy atom. The van der Waals surface area contributed by atoms with E-state index in [1.807, 2.05) is 23.5 Å². The number of likely N-dealkylation sites (N-methyl/N-ethyl adjacent to an activating group) is 1. The lowest BCUT2D eigenvalue weighted by Gasteiger charge is -2.18. The molecule has 1 unspecified atom stereocenters. The van der Waals surface area contributed by atoms with Gasteiger partial charge in [0.2, 0.25) is 0 Å². The van der Waals surface area contributed by atoms with Gasteiger partial charge in [0.1, 0.15) is 5.75 Å². The fourth-order valence-electron chi connectivity index (χ4n) is 2.24. The van der Waals surface area contributed by atoms with E-state index in [0.29, 0.717) is 6.04 Å². The average Bonchev–Trinajstić information content (AvgIpc) is 2.85. The Bertz CT molecular complexity index is 504. The summed E-state index contributed by atoms with van der Waals surface area (Å²) in [5.41, 5.74) is 2.71. The largest absolute Gasteiger partial charge is 0.497 e. The Morgan fingerprint density at radius 1 is 1.21 bits per heavy atom. The molecule has 2 nitrogen and oxygen atoms in total. The van der Waals surface area contributed by atoms with E-state index in [2.05, 4.69) is 42.7 Å². The summed E-state index contributed by atoms with van der Waals surface area (Å²) in [5, 5.41) is 5.75. The molecule has 0 spiro atoms. The number of hydrogen-bond donors (Lipinski definition) is 1. The Hall–Kier alpha value is -1.32. The molecule has 1 atom stereocenters. The second-order valence-corrected chi connectivity index (χ2v) is 5.58. The lowest BCUT2D eigenvalue weighted by molar-refractivity contribution is 0.414. The van der Waals surface area contributed by atoms with Gasteiger partial charge in [-0.25, -0.2) is 0 Å². The summed E-state index contributed by atoms with van der Waals surface area (Å²) < 4.78 is 5.20. The highest BCUT2D eigenvalue weighted by molar-refractivity contribution is 7.10. The summed E-state index contributed by atoms with van der Waals surface area (Å²) in [6.07, 6.45) is 1.01. The highest BCUT2D eigenvalue weighted by Gasteiger charge is 2.14. The van der Waals surface area contributed by atoms with Gasteiger partial charge in [-0.1, -0.05) is 19.1 Å². The van der Waals surface area contributed by atoms with E-state index in [4.69, 9.17) is 4.74 Å². The van der Waals surface area contributed by atoms with Crippen molar-refractivity contribution in [2.45, 2.75) is 26.3 Å². The third-order valence-corrected chi connectivity index (χ3v) is 4.40. The molecule has 1 aromatic heterocycles. The van der Waals surface area contributed by atoms with Crippen molar-refractivity contribution in [2.24, 2.45) is 0 Å². The lowest BCUT2D eigenvalue weighted by atomic mass is 10.0. The maximum atomic E-state index is 5.20. The summed E-state index contributed by atoms with van der Waals surface area (Å²) in [7, 11) is 1.70. The van der Waals surface area contributed by atoms with Crippen molar-refractivity contribution in [3.63, 3.8) is 0 Å². The van der Waals surface area contributed by atoms with Gasteiger partial charge in [0, 0.05) is 10.9 Å². The second kappa shape index (κ2) is 6.73. The van der Waals surface area contributed by atoms with Crippen LogP contribution in [0.1, 0.15) is 29.0 Å². The maximum absolute atomic E-state index is 5.20. The highest BCUT2D eigenvalue weighted by Crippen LogP contribution is 2.27. The average molecular weight is 275 g/mol. The van der Waals surface area contributed by atoms with Crippen molar-refractivity contribution < 1.29 is 4.74 Å². The first kappa shape index (κ1) is 14.1. The van der Waals surface area contributed by atoms with Crippen LogP contribution in [0.25, 0.3) is 0 Å². The van der Waals surface area contributed by atoms with Crippen LogP contribution in [0.5, 0.6) is 5.75 Å². The topological polar surface area (TPSA) is 21.3 Å². The Balaban J connectivity index is 2.14. The first-order valence-electron chi connectivity index (χ1n) is 6.65. The molecule has 0 amide bonds. The van der Waals surface area contributed by atoms with Crippen LogP contribution in [0.15, 0.2) is 35.7 Å². The molecule has 0 bridgehead atoms. The van der Waals surface area contributed by atoms with Crippen molar-refractivity contribution in [2.75, 3.05) is 13.7 Å². The predicted octanol–water partition coefficient (Wildman–Crippen LogP) is 3.96. The number of hydrogen-bond acceptors (Lipinski definition) is 3. The minimum Gasteiger partial charge on any atom is -0.497 e. The van der Waals surface area contributed by atoms with Crippen LogP contribution >= 0.6 is 11.3 Å². The molecule has 102 valence electrons. The SMILES string of the molecule is CCNC(Cc1ccc(OC)cc1)c1sccc1C. The number of rotatable bonds is 6. The molecule has 3 heteroatoms. The van der Waals surface area contributed by atoms with E-state index >= 15 is 0 Å². The van der Waals surface area contributed by atoms with Crippen LogP contribution in [0, 0.1) is 6.92 Å². The minimum atomic E-state index is 0.401. The quantitative estimate of drug-likeness (QED) is 0.861. The molecule has 0 saturated heterocycles. The smallest absolute Gasteiger partial charge is 0.118 e. The first-order chi connectivity index (χ1) is 9.24. The van der Waals surface area contributed by atoms with Crippen LogP contribution in [0.2, 0.25) is 0 Å². The van der Waals surface area contributed by atoms with Crippen molar-refractivity contribution in [3.05, 3.63) is 51.7 Å². The fourth-order valence-corrected chi connectivity index (χ4v) is 3.25. The molecule has 0 saturated carbocycles. The molecular formula is C16H21NOS. The number of thiophene rings is 1. The summed E-state index contributed by atoms with van der Waals surface area (Å²) in [6, 6.07) is 10.9. The third kappa shape index (κ3) is 3.58. The third-order valence-electron chi connectivity index (χ3n) is 3.27. The summed E-state index contributed by atoms with van der Waals surface area (Å²) in [5.74, 6) is 0.913. The highest BCUT2D eigenvalue weighted by atomic mass is 32.1. The number of methoxy groups -OCH3 is 1. The molecule has 0 aliphatic heterocycles. The van der Waals surface area contributed by atoms with E-state index in [9.17, 15) is 0 Å². The van der Waals surface area contributed by atoms with Gasteiger partial charge in [-0.2, -0.15) is 0 Å². The molecule has 0 radical (unpaired) electrons. The van der Waals surface area contributed by atoms with Gasteiger partial charge in [-0.15, -0.1) is 11.3 Å². The Labute approximate surface area is 119 Å². The number of ether oxygens (including phenoxy) is 1. The molecule has 1 N–H and O–H groups in total. The molecule has 1 heterocycles. The van der Waals surface area contributed by atoms with Gasteiger partial charge >= 0.3 is 0 Å². The van der Waals surface area contributed by atoms with Gasteiger partial charge in [0.25, 0.3) is 0 Å². The normalized spacial score (nSPS) is 12.4. The molecule has 19 heavy (non-hydrogen) atoms. The lowest BCUT2D eigenvalue weighted by Crippen LogP contribution is -2.22. The van der Waals surface area contributed by atoms with Crippen molar-refractivity contribution in [1.82, 2.24) is 5.32 Å². The van der Waals surface area contributed by atoms with Crippen LogP contribution in [-0.4, -0.2) is 13.7 Å². The zero-order chi connectivity index (χ0) is 13.7. The molecule has 0 aliphatic rings. The van der Waals surface area contributed by atoms with Crippen molar-refractivity contribution in [1.29, 1.82) is 0 Å². The van der Waals surface area contributed by atoms with E-state index < -0.39 is 0 Å². The Morgan fingerprint density at radius 3 is 2.47 bits per heavy atom. The molecule has 1 aromatic carbocycles. The zero-order valence-corrected chi connectivity index (χ0v) is 12.6. The van der Waals surface area contributed by atoms with Crippen LogP contribution < -0.4 is 10.1 Å². The van der Waals surface area contributed by atoms with Crippen LogP contribution in [-0.2, 0) is 6.42 Å². The number of aryl methyl sites for hydroxylation is 1. The van der Waals surface area contributed by atoms with Gasteiger partial charge in [-0.05, 0) is 54.6 Å². The fraction of sp³-hybridized carbons (Fsp3) is 0.375. The van der Waals surface area contributed by atoms with Gasteiger partial charge in [-0.3, -0.25) is 0 Å². The second-order valence-electron chi connectivity index (χ2n) is 4.63. The summed E-state index contributed by atoms with van der Waals surface area (Å²) in [4.78, 5) is 1.44. The van der Waals surface area contributed by atoms with Crippen molar-refractivity contribution >= 4 is 11.3 Å². The van der Waals surface area contributed by atoms with Gasteiger partial charge in [0.05, 0.1) is 7.11 Å². The maximum Gasteiger partial charge on any atom is 0.118 e. The standard InChI is InChI=1S/C16H21NOS/c1-4-17-15(16-12(2)9-10-19-16)11-13-5-7-14(18-3)8-6-13/h5-10,15,17H,4,11H2,1-3H3. The van der Waals surface area contributed by atoms with E-state index in [1.165, 1.54) is 16.0 Å². The van der Waals surface area contributed by atoms with Crippen LogP contribution in [0.3, 0.4) is 0 Å². The summed E-state index contributed by atoms with van der Waals surface area (Å²) in [6.45, 7) is 5.33. The number of benzene rings is 1. The first-order valence-corrected chi connectivity index (χ1v) is 7.53. The van der Waals surface area contributed by atoms with E-state index in [1.54, 1.807) is 7.11 Å². The van der Waals surface area contributed by atoms with Gasteiger partial charge in [0.15, 0.2) is 0 Å². The molecule has 2 rings (SSSR count). The zero-order valence-electron chi connectivity index (χ0n) is 11.8. The molecule has 2 aromatic rings. The van der Waals surface area contributed by atoms with Gasteiger partial charge < -0.3 is 10.1 Å². The molecule has 0 fully saturated rings. The van der Waals surface area contributed by atoms with Crippen LogP contribution in [0.4, 0.5) is 0 Å². The Kier molecular flexibility index (Phi) is 5.00. The molecule has 0 aliphatic carbocycles. The number of nitrogens with one attached hydrogen (secondary N) is 1. The monoisotopic (exact) mass is 275 g/mol. The van der Waals surface area contributed by atoms with E-state index in [0.717, 1.165) is 18.7 Å². The van der Waals surface area contributed by atoms with Crippen molar-refractivity contribution in [3.8, 4) is 5.75 Å². The summed E-state index contributed by atoms with van der Waals surface area (Å²) >= 11 is 1.84.